The molecule has 2 unspecified atom stereocenters. The highest BCUT2D eigenvalue weighted by Crippen LogP contribution is 2.31. The quantitative estimate of drug-likeness (QED) is 0.660. The van der Waals surface area contributed by atoms with Crippen LogP contribution in [0.3, 0.4) is 0 Å². The molecule has 0 radical (unpaired) electrons. The van der Waals surface area contributed by atoms with E-state index in [9.17, 15) is 14.4 Å². The van der Waals surface area contributed by atoms with Crippen molar-refractivity contribution in [1.82, 2.24) is 10.6 Å². The fraction of sp³-hybridized carbons (Fsp3) is 0.471. The molecule has 2 aliphatic rings. The summed E-state index contributed by atoms with van der Waals surface area (Å²) in [6, 6.07) is 7.17. The predicted octanol–water partition coefficient (Wildman–Crippen LogP) is 0.359. The predicted molar refractivity (Wildman–Crippen MR) is 84.4 cm³/mol. The summed E-state index contributed by atoms with van der Waals surface area (Å²) >= 11 is 0. The van der Waals surface area contributed by atoms with Gasteiger partial charge >= 0.3 is 0 Å². The third-order valence-corrected chi connectivity index (χ3v) is 4.49. The Labute approximate surface area is 134 Å². The van der Waals surface area contributed by atoms with Gasteiger partial charge in [-0.05, 0) is 42.9 Å². The highest BCUT2D eigenvalue weighted by atomic mass is 16.2. The number of nitrogens with two attached hydrogens (primary N) is 1. The maximum atomic E-state index is 12.1. The van der Waals surface area contributed by atoms with Gasteiger partial charge in [0.25, 0.3) is 5.91 Å². The van der Waals surface area contributed by atoms with Gasteiger partial charge in [0.05, 0.1) is 5.92 Å². The molecular formula is C17H21N3O3. The fourth-order valence-electron chi connectivity index (χ4n) is 2.85. The standard InChI is InChI=1S/C17H21N3O3/c18-14(11-5-6-11)9-19-16(22)12-3-1-10(2-4-12)7-13-8-15(21)20-17(13)23/h1-4,11,13-14H,5-9,18H2,(H,19,22)(H,20,21,23). The Bertz CT molecular complexity index is 622. The number of imide groups is 1. The minimum atomic E-state index is -0.307. The van der Waals surface area contributed by atoms with Crippen molar-refractivity contribution in [3.05, 3.63) is 35.4 Å². The number of rotatable bonds is 6. The number of carbonyl (C=O) groups excluding carboxylic acids is 3. The normalized spacial score (nSPS) is 21.9. The Kier molecular flexibility index (Phi) is 4.43. The van der Waals surface area contributed by atoms with Crippen LogP contribution >= 0.6 is 0 Å². The summed E-state index contributed by atoms with van der Waals surface area (Å²) in [7, 11) is 0. The Balaban J connectivity index is 1.52. The van der Waals surface area contributed by atoms with Crippen LogP contribution in [0.5, 0.6) is 0 Å². The van der Waals surface area contributed by atoms with Crippen LogP contribution in [-0.4, -0.2) is 30.3 Å². The maximum absolute atomic E-state index is 12.1. The minimum Gasteiger partial charge on any atom is -0.350 e. The van der Waals surface area contributed by atoms with Gasteiger partial charge in [-0.1, -0.05) is 12.1 Å². The zero-order valence-corrected chi connectivity index (χ0v) is 12.9. The third kappa shape index (κ3) is 3.96. The van der Waals surface area contributed by atoms with Crippen LogP contribution < -0.4 is 16.4 Å². The molecule has 122 valence electrons. The van der Waals surface area contributed by atoms with E-state index in [-0.39, 0.29) is 36.1 Å². The molecule has 6 nitrogen and oxygen atoms in total. The third-order valence-electron chi connectivity index (χ3n) is 4.49. The van der Waals surface area contributed by atoms with Gasteiger partial charge in [0.15, 0.2) is 0 Å². The van der Waals surface area contributed by atoms with Gasteiger partial charge in [-0.2, -0.15) is 0 Å². The number of carbonyl (C=O) groups is 3. The summed E-state index contributed by atoms with van der Waals surface area (Å²) in [4.78, 5) is 34.8. The monoisotopic (exact) mass is 315 g/mol. The first-order chi connectivity index (χ1) is 11.0. The first kappa shape index (κ1) is 15.7. The van der Waals surface area contributed by atoms with Gasteiger partial charge < -0.3 is 11.1 Å². The summed E-state index contributed by atoms with van der Waals surface area (Å²) in [6.45, 7) is 0.496. The van der Waals surface area contributed by atoms with Gasteiger partial charge in [-0.25, -0.2) is 0 Å². The van der Waals surface area contributed by atoms with E-state index in [0.717, 1.165) is 18.4 Å². The molecule has 1 aromatic rings. The van der Waals surface area contributed by atoms with E-state index in [4.69, 9.17) is 5.73 Å². The van der Waals surface area contributed by atoms with Crippen molar-refractivity contribution in [2.24, 2.45) is 17.6 Å². The lowest BCUT2D eigenvalue weighted by Gasteiger charge is -2.12. The first-order valence-electron chi connectivity index (χ1n) is 7.99. The zero-order chi connectivity index (χ0) is 16.4. The molecule has 23 heavy (non-hydrogen) atoms. The molecule has 0 aromatic heterocycles. The lowest BCUT2D eigenvalue weighted by molar-refractivity contribution is -0.125. The molecule has 1 aliphatic carbocycles. The molecule has 1 aliphatic heterocycles. The number of hydrogen-bond acceptors (Lipinski definition) is 4. The van der Waals surface area contributed by atoms with Crippen molar-refractivity contribution in [3.63, 3.8) is 0 Å². The molecule has 1 saturated carbocycles. The maximum Gasteiger partial charge on any atom is 0.251 e. The van der Waals surface area contributed by atoms with Crippen LogP contribution in [-0.2, 0) is 16.0 Å². The molecule has 1 aromatic carbocycles. The molecule has 1 heterocycles. The molecule has 0 spiro atoms. The number of hydrogen-bond donors (Lipinski definition) is 3. The SMILES string of the molecule is NC(CNC(=O)c1ccc(CC2CC(=O)NC2=O)cc1)C1CC1. The Morgan fingerprint density at radius 3 is 2.52 bits per heavy atom. The van der Waals surface area contributed by atoms with Crippen molar-refractivity contribution >= 4 is 17.7 Å². The van der Waals surface area contributed by atoms with Crippen LogP contribution in [0.4, 0.5) is 0 Å². The molecule has 0 bridgehead atoms. The second-order valence-corrected chi connectivity index (χ2v) is 6.43. The highest BCUT2D eigenvalue weighted by Gasteiger charge is 2.30. The van der Waals surface area contributed by atoms with E-state index in [1.54, 1.807) is 12.1 Å². The van der Waals surface area contributed by atoms with Crippen molar-refractivity contribution in [3.8, 4) is 0 Å². The van der Waals surface area contributed by atoms with Crippen molar-refractivity contribution in [2.45, 2.75) is 31.7 Å². The van der Waals surface area contributed by atoms with Crippen LogP contribution in [0.25, 0.3) is 0 Å². The van der Waals surface area contributed by atoms with Crippen LogP contribution in [0.1, 0.15) is 35.2 Å². The average Bonchev–Trinajstić information content (AvgIpc) is 3.32. The van der Waals surface area contributed by atoms with E-state index in [0.29, 0.717) is 24.4 Å². The van der Waals surface area contributed by atoms with Crippen LogP contribution in [0.2, 0.25) is 0 Å². The molecule has 4 N–H and O–H groups in total. The average molecular weight is 315 g/mol. The summed E-state index contributed by atoms with van der Waals surface area (Å²) in [5.74, 6) is -0.327. The molecule has 3 rings (SSSR count). The topological polar surface area (TPSA) is 101 Å². The number of benzene rings is 1. The van der Waals surface area contributed by atoms with E-state index in [1.807, 2.05) is 12.1 Å². The molecule has 6 heteroatoms. The van der Waals surface area contributed by atoms with E-state index in [2.05, 4.69) is 10.6 Å². The second kappa shape index (κ2) is 6.50. The van der Waals surface area contributed by atoms with Crippen LogP contribution in [0.15, 0.2) is 24.3 Å². The summed E-state index contributed by atoms with van der Waals surface area (Å²) < 4.78 is 0. The van der Waals surface area contributed by atoms with Gasteiger partial charge in [-0.15, -0.1) is 0 Å². The van der Waals surface area contributed by atoms with Crippen molar-refractivity contribution in [2.75, 3.05) is 6.54 Å². The first-order valence-corrected chi connectivity index (χ1v) is 7.99. The summed E-state index contributed by atoms with van der Waals surface area (Å²) in [5, 5.41) is 5.16. The van der Waals surface area contributed by atoms with Crippen molar-refractivity contribution < 1.29 is 14.4 Å². The Morgan fingerprint density at radius 1 is 1.26 bits per heavy atom. The van der Waals surface area contributed by atoms with Crippen LogP contribution in [0, 0.1) is 11.8 Å². The minimum absolute atomic E-state index is 0.0386. The molecule has 1 saturated heterocycles. The lowest BCUT2D eigenvalue weighted by atomic mass is 9.97. The van der Waals surface area contributed by atoms with Gasteiger partial charge in [0, 0.05) is 24.6 Å². The second-order valence-electron chi connectivity index (χ2n) is 6.43. The largest absolute Gasteiger partial charge is 0.350 e. The molecule has 2 fully saturated rings. The Hall–Kier alpha value is -2.21. The molecule has 2 atom stereocenters. The van der Waals surface area contributed by atoms with E-state index < -0.39 is 0 Å². The van der Waals surface area contributed by atoms with E-state index in [1.165, 1.54) is 0 Å². The highest BCUT2D eigenvalue weighted by molar-refractivity contribution is 6.03. The molecule has 3 amide bonds. The smallest absolute Gasteiger partial charge is 0.251 e. The fourth-order valence-corrected chi connectivity index (χ4v) is 2.85. The summed E-state index contributed by atoms with van der Waals surface area (Å²) in [6.07, 6.45) is 3.05. The van der Waals surface area contributed by atoms with Gasteiger partial charge in [0.1, 0.15) is 0 Å². The summed E-state index contributed by atoms with van der Waals surface area (Å²) in [5.41, 5.74) is 7.47. The Morgan fingerprint density at radius 2 is 1.96 bits per heavy atom. The van der Waals surface area contributed by atoms with Crippen molar-refractivity contribution in [1.29, 1.82) is 0 Å². The lowest BCUT2D eigenvalue weighted by Crippen LogP contribution is -2.38. The van der Waals surface area contributed by atoms with E-state index >= 15 is 0 Å². The van der Waals surface area contributed by atoms with Gasteiger partial charge in [0.2, 0.25) is 11.8 Å². The number of nitrogens with one attached hydrogen (secondary N) is 2. The zero-order valence-electron chi connectivity index (χ0n) is 12.9. The number of amides is 3. The molecular weight excluding hydrogens is 294 g/mol. The van der Waals surface area contributed by atoms with Gasteiger partial charge in [-0.3, -0.25) is 19.7 Å².